The van der Waals surface area contributed by atoms with Crippen molar-refractivity contribution in [2.24, 2.45) is 5.92 Å². The topological polar surface area (TPSA) is 88.1 Å². The van der Waals surface area contributed by atoms with E-state index in [-0.39, 0.29) is 0 Å². The lowest BCUT2D eigenvalue weighted by molar-refractivity contribution is 0.211. The predicted octanol–water partition coefficient (Wildman–Crippen LogP) is 3.58. The van der Waals surface area contributed by atoms with Crippen LogP contribution in [0.4, 0.5) is 5.82 Å². The number of nitriles is 1. The van der Waals surface area contributed by atoms with Crippen molar-refractivity contribution in [3.63, 3.8) is 0 Å². The molecule has 0 unspecified atom stereocenters. The lowest BCUT2D eigenvalue weighted by Crippen LogP contribution is -2.30. The van der Waals surface area contributed by atoms with Crippen molar-refractivity contribution < 1.29 is 4.74 Å². The number of piperidine rings is 1. The molecule has 2 aliphatic rings. The maximum absolute atomic E-state index is 9.59. The predicted molar refractivity (Wildman–Crippen MR) is 107 cm³/mol. The SMILES string of the molecule is CCCCOc1nc(N)c2c(n1)C(CCCC1CCN(C)CC1)=C(C#N)C2. The van der Waals surface area contributed by atoms with Gasteiger partial charge in [-0.25, -0.2) is 0 Å². The number of fused-ring (bicyclic) bond motifs is 1. The molecule has 1 fully saturated rings. The first kappa shape index (κ1) is 19.6. The van der Waals surface area contributed by atoms with E-state index in [1.165, 1.54) is 32.4 Å². The fourth-order valence-electron chi connectivity index (χ4n) is 4.00. The molecule has 3 rings (SSSR count). The minimum atomic E-state index is 0.340. The zero-order valence-corrected chi connectivity index (χ0v) is 16.6. The molecule has 1 aliphatic heterocycles. The molecule has 0 atom stereocenters. The fraction of sp³-hybridized carbons (Fsp3) is 0.667. The summed E-state index contributed by atoms with van der Waals surface area (Å²) in [5, 5.41) is 9.59. The van der Waals surface area contributed by atoms with Gasteiger partial charge >= 0.3 is 6.01 Å². The maximum atomic E-state index is 9.59. The van der Waals surface area contributed by atoms with Gasteiger partial charge in [-0.05, 0) is 63.7 Å². The van der Waals surface area contributed by atoms with Crippen LogP contribution in [0, 0.1) is 17.2 Å². The fourth-order valence-corrected chi connectivity index (χ4v) is 4.00. The summed E-state index contributed by atoms with van der Waals surface area (Å²) in [5.74, 6) is 1.25. The molecule has 1 aliphatic carbocycles. The Labute approximate surface area is 162 Å². The lowest BCUT2D eigenvalue weighted by Gasteiger charge is -2.28. The van der Waals surface area contributed by atoms with Crippen LogP contribution in [0.3, 0.4) is 0 Å². The van der Waals surface area contributed by atoms with Crippen LogP contribution >= 0.6 is 0 Å². The first-order valence-electron chi connectivity index (χ1n) is 10.2. The smallest absolute Gasteiger partial charge is 0.318 e. The molecule has 1 aromatic heterocycles. The summed E-state index contributed by atoms with van der Waals surface area (Å²) in [7, 11) is 2.19. The van der Waals surface area contributed by atoms with Gasteiger partial charge in [0.2, 0.25) is 0 Å². The van der Waals surface area contributed by atoms with E-state index in [1.54, 1.807) is 0 Å². The highest BCUT2D eigenvalue weighted by atomic mass is 16.5. The molecule has 0 spiro atoms. The minimum absolute atomic E-state index is 0.340. The quantitative estimate of drug-likeness (QED) is 0.705. The molecular weight excluding hydrogens is 338 g/mol. The number of unbranched alkanes of at least 4 members (excludes halogenated alkanes) is 1. The van der Waals surface area contributed by atoms with Crippen LogP contribution in [-0.4, -0.2) is 41.6 Å². The number of likely N-dealkylation sites (tertiary alicyclic amines) is 1. The van der Waals surface area contributed by atoms with Crippen LogP contribution in [0.15, 0.2) is 5.57 Å². The van der Waals surface area contributed by atoms with Gasteiger partial charge in [-0.2, -0.15) is 15.2 Å². The molecule has 146 valence electrons. The second kappa shape index (κ2) is 9.18. The Hall–Kier alpha value is -2.13. The Morgan fingerprint density at radius 2 is 2.04 bits per heavy atom. The van der Waals surface area contributed by atoms with E-state index in [1.807, 2.05) is 0 Å². The molecule has 0 aromatic carbocycles. The summed E-state index contributed by atoms with van der Waals surface area (Å²) < 4.78 is 5.67. The Morgan fingerprint density at radius 1 is 1.26 bits per heavy atom. The van der Waals surface area contributed by atoms with Gasteiger partial charge in [0.25, 0.3) is 0 Å². The molecule has 2 N–H and O–H groups in total. The molecule has 1 saturated heterocycles. The first-order valence-corrected chi connectivity index (χ1v) is 10.2. The van der Waals surface area contributed by atoms with Gasteiger partial charge < -0.3 is 15.4 Å². The van der Waals surface area contributed by atoms with E-state index in [9.17, 15) is 5.26 Å². The zero-order chi connectivity index (χ0) is 19.2. The normalized spacial score (nSPS) is 17.8. The number of nitrogens with zero attached hydrogens (tertiary/aromatic N) is 4. The molecule has 6 nitrogen and oxygen atoms in total. The Morgan fingerprint density at radius 3 is 2.74 bits per heavy atom. The second-order valence-corrected chi connectivity index (χ2v) is 7.81. The summed E-state index contributed by atoms with van der Waals surface area (Å²) in [4.78, 5) is 11.3. The summed E-state index contributed by atoms with van der Waals surface area (Å²) in [6.07, 6.45) is 8.31. The monoisotopic (exact) mass is 369 g/mol. The third-order valence-corrected chi connectivity index (χ3v) is 5.76. The molecule has 2 heterocycles. The average Bonchev–Trinajstić information content (AvgIpc) is 3.02. The van der Waals surface area contributed by atoms with Crippen LogP contribution in [0.25, 0.3) is 5.57 Å². The molecule has 0 amide bonds. The Bertz CT molecular complexity index is 729. The van der Waals surface area contributed by atoms with Gasteiger partial charge in [-0.1, -0.05) is 19.8 Å². The molecule has 27 heavy (non-hydrogen) atoms. The standard InChI is InChI=1S/C21H31N5O/c1-3-4-12-27-21-24-19-17(16(14-22)13-18(19)20(23)25-21)7-5-6-15-8-10-26(2)11-9-15/h15H,3-13H2,1-2H3,(H2,23,24,25). The van der Waals surface area contributed by atoms with Crippen molar-refractivity contribution >= 4 is 11.4 Å². The van der Waals surface area contributed by atoms with E-state index in [4.69, 9.17) is 10.5 Å². The number of hydrogen-bond donors (Lipinski definition) is 1. The van der Waals surface area contributed by atoms with E-state index in [0.717, 1.165) is 54.0 Å². The number of anilines is 1. The van der Waals surface area contributed by atoms with Gasteiger partial charge in [0, 0.05) is 17.6 Å². The van der Waals surface area contributed by atoms with Crippen molar-refractivity contribution in [3.8, 4) is 12.1 Å². The highest BCUT2D eigenvalue weighted by molar-refractivity contribution is 5.79. The van der Waals surface area contributed by atoms with Crippen LogP contribution in [-0.2, 0) is 6.42 Å². The Kier molecular flexibility index (Phi) is 6.68. The van der Waals surface area contributed by atoms with E-state index in [0.29, 0.717) is 24.9 Å². The van der Waals surface area contributed by atoms with Gasteiger partial charge in [0.15, 0.2) is 0 Å². The molecule has 0 saturated carbocycles. The van der Waals surface area contributed by atoms with Crippen LogP contribution in [0.5, 0.6) is 6.01 Å². The summed E-state index contributed by atoms with van der Waals surface area (Å²) in [5.41, 5.74) is 9.72. The molecule has 1 aromatic rings. The maximum Gasteiger partial charge on any atom is 0.318 e. The highest BCUT2D eigenvalue weighted by Crippen LogP contribution is 2.38. The largest absolute Gasteiger partial charge is 0.463 e. The number of aromatic nitrogens is 2. The van der Waals surface area contributed by atoms with Crippen molar-refractivity contribution in [3.05, 3.63) is 16.8 Å². The third kappa shape index (κ3) is 4.78. The molecule has 0 radical (unpaired) electrons. The summed E-state index contributed by atoms with van der Waals surface area (Å²) in [6.45, 7) is 5.10. The van der Waals surface area contributed by atoms with Crippen LogP contribution in [0.1, 0.15) is 63.1 Å². The minimum Gasteiger partial charge on any atom is -0.463 e. The van der Waals surface area contributed by atoms with Crippen molar-refractivity contribution in [2.45, 2.75) is 58.3 Å². The summed E-state index contributed by atoms with van der Waals surface area (Å²) in [6, 6.07) is 2.70. The van der Waals surface area contributed by atoms with E-state index < -0.39 is 0 Å². The van der Waals surface area contributed by atoms with Gasteiger partial charge in [-0.3, -0.25) is 0 Å². The second-order valence-electron chi connectivity index (χ2n) is 7.81. The third-order valence-electron chi connectivity index (χ3n) is 5.76. The number of nitrogen functional groups attached to an aromatic ring is 1. The van der Waals surface area contributed by atoms with Gasteiger partial charge in [0.05, 0.1) is 18.4 Å². The zero-order valence-electron chi connectivity index (χ0n) is 16.6. The summed E-state index contributed by atoms with van der Waals surface area (Å²) >= 11 is 0. The Balaban J connectivity index is 1.67. The number of nitrogens with two attached hydrogens (primary N) is 1. The first-order chi connectivity index (χ1) is 13.1. The molecule has 0 bridgehead atoms. The van der Waals surface area contributed by atoms with Crippen molar-refractivity contribution in [2.75, 3.05) is 32.5 Å². The number of ether oxygens (including phenoxy) is 1. The highest BCUT2D eigenvalue weighted by Gasteiger charge is 2.27. The number of rotatable bonds is 8. The van der Waals surface area contributed by atoms with Crippen molar-refractivity contribution in [1.82, 2.24) is 14.9 Å². The van der Waals surface area contributed by atoms with Crippen molar-refractivity contribution in [1.29, 1.82) is 5.26 Å². The lowest BCUT2D eigenvalue weighted by atomic mass is 9.90. The van der Waals surface area contributed by atoms with E-state index in [2.05, 4.69) is 34.9 Å². The van der Waals surface area contributed by atoms with Crippen LogP contribution < -0.4 is 10.5 Å². The number of allylic oxidation sites excluding steroid dienone is 2. The van der Waals surface area contributed by atoms with Gasteiger partial charge in [0.1, 0.15) is 5.82 Å². The van der Waals surface area contributed by atoms with Crippen LogP contribution in [0.2, 0.25) is 0 Å². The van der Waals surface area contributed by atoms with E-state index >= 15 is 0 Å². The molecular formula is C21H31N5O. The average molecular weight is 370 g/mol. The molecule has 6 heteroatoms. The van der Waals surface area contributed by atoms with Gasteiger partial charge in [-0.15, -0.1) is 0 Å². The number of hydrogen-bond acceptors (Lipinski definition) is 6.